The van der Waals surface area contributed by atoms with Gasteiger partial charge >= 0.3 is 5.97 Å². The normalized spacial score (nSPS) is 14.5. The molecule has 0 saturated carbocycles. The van der Waals surface area contributed by atoms with E-state index in [9.17, 15) is 14.3 Å². The van der Waals surface area contributed by atoms with E-state index in [4.69, 9.17) is 18.5 Å². The molecule has 8 nitrogen and oxygen atoms in total. The van der Waals surface area contributed by atoms with E-state index in [1.165, 1.54) is 51.4 Å². The van der Waals surface area contributed by atoms with E-state index >= 15 is 0 Å². The number of rotatable bonds is 38. The molecule has 2 unspecified atom stereocenters. The van der Waals surface area contributed by atoms with Gasteiger partial charge in [0.1, 0.15) is 19.3 Å². The van der Waals surface area contributed by atoms with Gasteiger partial charge in [0, 0.05) is 13.0 Å². The number of quaternary nitrogens is 1. The second kappa shape index (κ2) is 37.1. The van der Waals surface area contributed by atoms with Gasteiger partial charge in [0.2, 0.25) is 0 Å². The van der Waals surface area contributed by atoms with Gasteiger partial charge < -0.3 is 27.9 Å². The third-order valence-electron chi connectivity index (χ3n) is 8.58. The zero-order valence-corrected chi connectivity index (χ0v) is 35.6. The van der Waals surface area contributed by atoms with Crippen molar-refractivity contribution in [3.63, 3.8) is 0 Å². The lowest BCUT2D eigenvalue weighted by atomic mass is 10.1. The summed E-state index contributed by atoms with van der Waals surface area (Å²) in [6.45, 7) is 5.25. The van der Waals surface area contributed by atoms with Gasteiger partial charge in [-0.05, 0) is 57.8 Å². The van der Waals surface area contributed by atoms with Crippen molar-refractivity contribution in [2.45, 2.75) is 161 Å². The molecule has 9 heteroatoms. The van der Waals surface area contributed by atoms with Crippen molar-refractivity contribution in [1.82, 2.24) is 0 Å². The van der Waals surface area contributed by atoms with Crippen LogP contribution in [0.1, 0.15) is 155 Å². The topological polar surface area (TPSA) is 94.1 Å². The van der Waals surface area contributed by atoms with Gasteiger partial charge in [-0.25, -0.2) is 0 Å². The summed E-state index contributed by atoms with van der Waals surface area (Å²) >= 11 is 0. The highest BCUT2D eigenvalue weighted by molar-refractivity contribution is 7.45. The minimum Gasteiger partial charge on any atom is -0.756 e. The van der Waals surface area contributed by atoms with Crippen LogP contribution >= 0.6 is 7.82 Å². The number of phosphoric ester groups is 1. The number of carbonyl (C=O) groups excluding carboxylic acids is 1. The van der Waals surface area contributed by atoms with Crippen molar-refractivity contribution in [1.29, 1.82) is 0 Å². The predicted octanol–water partition coefficient (Wildman–Crippen LogP) is 11.5. The zero-order chi connectivity index (χ0) is 39.1. The SMILES string of the molecule is CC/C=C\C/C=C\C/C=C\C/C=C\C/C=C\CCCCCCCC(=O)OC(COCCCCCCCCCCCC)COP(=O)([O-])OCC[N+](C)(C)C. The lowest BCUT2D eigenvalue weighted by Gasteiger charge is -2.28. The van der Waals surface area contributed by atoms with E-state index < -0.39 is 13.9 Å². The summed E-state index contributed by atoms with van der Waals surface area (Å²) in [4.78, 5) is 25.0. The fourth-order valence-electron chi connectivity index (χ4n) is 5.34. The van der Waals surface area contributed by atoms with Crippen molar-refractivity contribution >= 4 is 13.8 Å². The summed E-state index contributed by atoms with van der Waals surface area (Å²) < 4.78 is 34.5. The molecule has 2 atom stereocenters. The van der Waals surface area contributed by atoms with Gasteiger partial charge in [-0.2, -0.15) is 0 Å². The zero-order valence-electron chi connectivity index (χ0n) is 34.7. The Morgan fingerprint density at radius 1 is 0.604 bits per heavy atom. The third-order valence-corrected chi connectivity index (χ3v) is 9.55. The van der Waals surface area contributed by atoms with E-state index in [1.807, 2.05) is 21.1 Å². The van der Waals surface area contributed by atoms with Crippen molar-refractivity contribution in [2.75, 3.05) is 54.1 Å². The summed E-state index contributed by atoms with van der Waals surface area (Å²) in [5.74, 6) is -0.355. The minimum atomic E-state index is -4.53. The molecule has 0 heterocycles. The first-order valence-corrected chi connectivity index (χ1v) is 22.5. The number of phosphoric acid groups is 1. The quantitative estimate of drug-likeness (QED) is 0.0203. The average molecular weight is 766 g/mol. The number of esters is 1. The van der Waals surface area contributed by atoms with Gasteiger partial charge in [0.05, 0.1) is 34.4 Å². The molecule has 0 aromatic heterocycles. The number of allylic oxidation sites excluding steroid dienone is 10. The second-order valence-electron chi connectivity index (χ2n) is 15.0. The van der Waals surface area contributed by atoms with Crippen LogP contribution in [0.15, 0.2) is 60.8 Å². The van der Waals surface area contributed by atoms with Gasteiger partial charge in [-0.1, -0.05) is 152 Å². The molecule has 0 aromatic carbocycles. The van der Waals surface area contributed by atoms with Crippen LogP contribution in [0.25, 0.3) is 0 Å². The summed E-state index contributed by atoms with van der Waals surface area (Å²) in [6, 6.07) is 0. The highest BCUT2D eigenvalue weighted by Gasteiger charge is 2.20. The maximum absolute atomic E-state index is 12.6. The number of nitrogens with zero attached hydrogens (tertiary/aromatic N) is 1. The fourth-order valence-corrected chi connectivity index (χ4v) is 6.06. The van der Waals surface area contributed by atoms with Crippen LogP contribution in [0.5, 0.6) is 0 Å². The summed E-state index contributed by atoms with van der Waals surface area (Å²) in [6.07, 6.45) is 45.1. The number of carbonyl (C=O) groups is 1. The Balaban J connectivity index is 4.26. The highest BCUT2D eigenvalue weighted by atomic mass is 31.2. The van der Waals surface area contributed by atoms with Crippen LogP contribution in [-0.4, -0.2) is 70.7 Å². The largest absolute Gasteiger partial charge is 0.756 e. The molecule has 0 aliphatic rings. The fraction of sp³-hybridized carbons (Fsp3) is 0.750. The first-order chi connectivity index (χ1) is 25.6. The molecule has 0 amide bonds. The molecule has 0 spiro atoms. The molecular weight excluding hydrogens is 685 g/mol. The Hall–Kier alpha value is -1.80. The molecule has 0 aromatic rings. The second-order valence-corrected chi connectivity index (χ2v) is 16.4. The maximum atomic E-state index is 12.6. The Morgan fingerprint density at radius 3 is 1.64 bits per heavy atom. The molecule has 53 heavy (non-hydrogen) atoms. The lowest BCUT2D eigenvalue weighted by Crippen LogP contribution is -2.37. The van der Waals surface area contributed by atoms with Crippen LogP contribution in [0, 0.1) is 0 Å². The van der Waals surface area contributed by atoms with E-state index in [-0.39, 0.29) is 25.8 Å². The Morgan fingerprint density at radius 2 is 1.09 bits per heavy atom. The first kappa shape index (κ1) is 51.2. The van der Waals surface area contributed by atoms with E-state index in [0.717, 1.165) is 83.5 Å². The van der Waals surface area contributed by atoms with Crippen LogP contribution in [0.2, 0.25) is 0 Å². The highest BCUT2D eigenvalue weighted by Crippen LogP contribution is 2.38. The Kier molecular flexibility index (Phi) is 35.9. The van der Waals surface area contributed by atoms with Crippen molar-refractivity contribution in [2.24, 2.45) is 0 Å². The maximum Gasteiger partial charge on any atom is 0.306 e. The molecule has 0 N–H and O–H groups in total. The van der Waals surface area contributed by atoms with Crippen molar-refractivity contribution < 1.29 is 37.3 Å². The molecule has 0 saturated heterocycles. The van der Waals surface area contributed by atoms with Crippen molar-refractivity contribution in [3.05, 3.63) is 60.8 Å². The van der Waals surface area contributed by atoms with Gasteiger partial charge in [-0.3, -0.25) is 9.36 Å². The van der Waals surface area contributed by atoms with Crippen LogP contribution < -0.4 is 4.89 Å². The number of ether oxygens (including phenoxy) is 2. The van der Waals surface area contributed by atoms with Crippen LogP contribution in [0.3, 0.4) is 0 Å². The van der Waals surface area contributed by atoms with Crippen molar-refractivity contribution in [3.8, 4) is 0 Å². The standard InChI is InChI=1S/C44H80NO7P/c1-6-8-10-12-14-16-18-19-20-21-22-23-24-25-26-27-28-29-31-33-35-37-44(46)52-43(42-51-53(47,48)50-40-38-45(3,4)5)41-49-39-36-34-32-30-17-15-13-11-9-7-2/h8,10,14,16,19-20,22-23,25-26,43H,6-7,9,11-13,15,17-18,21,24,27-42H2,1-5H3/b10-8-,16-14-,20-19-,23-22-,26-25-. The minimum absolute atomic E-state index is 0.0201. The number of hydrogen-bond donors (Lipinski definition) is 0. The predicted molar refractivity (Wildman–Crippen MR) is 222 cm³/mol. The lowest BCUT2D eigenvalue weighted by molar-refractivity contribution is -0.870. The summed E-state index contributed by atoms with van der Waals surface area (Å²) in [5.41, 5.74) is 0. The van der Waals surface area contributed by atoms with Gasteiger partial charge in [-0.15, -0.1) is 0 Å². The molecule has 0 radical (unpaired) electrons. The van der Waals surface area contributed by atoms with E-state index in [0.29, 0.717) is 24.1 Å². The van der Waals surface area contributed by atoms with E-state index in [2.05, 4.69) is 74.6 Å². The van der Waals surface area contributed by atoms with Crippen LogP contribution in [-0.2, 0) is 27.9 Å². The van der Waals surface area contributed by atoms with E-state index in [1.54, 1.807) is 0 Å². The average Bonchev–Trinajstić information content (AvgIpc) is 3.11. The Bertz CT molecular complexity index is 1030. The number of hydrogen-bond acceptors (Lipinski definition) is 7. The molecular formula is C44H80NO7P. The molecule has 308 valence electrons. The number of unbranched alkanes of at least 4 members (excludes halogenated alkanes) is 14. The Labute approximate surface area is 326 Å². The van der Waals surface area contributed by atoms with Gasteiger partial charge in [0.25, 0.3) is 7.82 Å². The monoisotopic (exact) mass is 766 g/mol. The summed E-state index contributed by atoms with van der Waals surface area (Å²) in [5, 5.41) is 0. The molecule has 0 rings (SSSR count). The van der Waals surface area contributed by atoms with Crippen LogP contribution in [0.4, 0.5) is 0 Å². The molecule has 0 aliphatic heterocycles. The van der Waals surface area contributed by atoms with Gasteiger partial charge in [0.15, 0.2) is 0 Å². The number of likely N-dealkylation sites (N-methyl/N-ethyl adjacent to an activating group) is 1. The third kappa shape index (κ3) is 41.2. The summed E-state index contributed by atoms with van der Waals surface area (Å²) in [7, 11) is 1.33. The molecule has 0 fully saturated rings. The first-order valence-electron chi connectivity index (χ1n) is 21.0. The smallest absolute Gasteiger partial charge is 0.306 e. The molecule has 0 aliphatic carbocycles. The molecule has 0 bridgehead atoms.